The van der Waals surface area contributed by atoms with Crippen LogP contribution in [0.4, 0.5) is 5.69 Å². The van der Waals surface area contributed by atoms with E-state index < -0.39 is 0 Å². The lowest BCUT2D eigenvalue weighted by molar-refractivity contribution is -0.145. The number of methoxy groups -OCH3 is 1. The Kier molecular flexibility index (Phi) is 6.65. The summed E-state index contributed by atoms with van der Waals surface area (Å²) in [5.74, 6) is 1.22. The molecular weight excluding hydrogens is 430 g/mol. The van der Waals surface area contributed by atoms with Gasteiger partial charge in [-0.15, -0.1) is 0 Å². The van der Waals surface area contributed by atoms with E-state index in [1.807, 2.05) is 44.2 Å². The summed E-state index contributed by atoms with van der Waals surface area (Å²) < 4.78 is 16.1. The lowest BCUT2D eigenvalue weighted by Crippen LogP contribution is -2.30. The molecule has 0 amide bonds. The third-order valence-corrected chi connectivity index (χ3v) is 5.78. The second-order valence-electron chi connectivity index (χ2n) is 8.12. The molecule has 8 heteroatoms. The van der Waals surface area contributed by atoms with Crippen molar-refractivity contribution in [3.8, 4) is 28.6 Å². The van der Waals surface area contributed by atoms with Crippen molar-refractivity contribution in [1.82, 2.24) is 10.1 Å². The van der Waals surface area contributed by atoms with Gasteiger partial charge in [0.25, 0.3) is 5.89 Å². The Hall–Kier alpha value is -3.06. The van der Waals surface area contributed by atoms with Crippen molar-refractivity contribution in [3.05, 3.63) is 47.5 Å². The average Bonchev–Trinajstić information content (AvgIpc) is 3.45. The quantitative estimate of drug-likeness (QED) is 0.464. The summed E-state index contributed by atoms with van der Waals surface area (Å²) in [6.45, 7) is 3.89. The fourth-order valence-electron chi connectivity index (χ4n) is 3.94. The zero-order chi connectivity index (χ0) is 22.7. The van der Waals surface area contributed by atoms with Crippen LogP contribution < -0.4 is 10.1 Å². The van der Waals surface area contributed by atoms with E-state index in [2.05, 4.69) is 15.5 Å². The Morgan fingerprint density at radius 3 is 2.59 bits per heavy atom. The van der Waals surface area contributed by atoms with Crippen LogP contribution in [-0.4, -0.2) is 35.4 Å². The van der Waals surface area contributed by atoms with Crippen LogP contribution in [0.3, 0.4) is 0 Å². The normalized spacial score (nSPS) is 18.0. The van der Waals surface area contributed by atoms with Gasteiger partial charge in [-0.1, -0.05) is 23.2 Å². The van der Waals surface area contributed by atoms with E-state index in [1.165, 1.54) is 7.11 Å². The molecule has 168 valence electrons. The van der Waals surface area contributed by atoms with Gasteiger partial charge in [0.2, 0.25) is 5.82 Å². The average molecular weight is 456 g/mol. The summed E-state index contributed by atoms with van der Waals surface area (Å²) in [6.07, 6.45) is 2.84. The first-order valence-corrected chi connectivity index (χ1v) is 11.1. The van der Waals surface area contributed by atoms with E-state index >= 15 is 0 Å². The van der Waals surface area contributed by atoms with Crippen LogP contribution >= 0.6 is 11.6 Å². The minimum absolute atomic E-state index is 0.0348. The molecule has 1 fully saturated rings. The third kappa shape index (κ3) is 4.88. The second-order valence-corrected chi connectivity index (χ2v) is 8.53. The highest BCUT2D eigenvalue weighted by molar-refractivity contribution is 6.32. The van der Waals surface area contributed by atoms with Gasteiger partial charge < -0.3 is 19.3 Å². The molecule has 2 atom stereocenters. The van der Waals surface area contributed by atoms with E-state index in [1.54, 1.807) is 12.1 Å². The van der Waals surface area contributed by atoms with Gasteiger partial charge in [-0.05, 0) is 69.2 Å². The SMILES string of the molecule is COC(=O)[C@H]1CCC[C@H]1Nc1ccc(-c2nc(-c3ccc(OC(C)C)c(Cl)c3)no2)cc1. The topological polar surface area (TPSA) is 86.5 Å². The molecular formula is C24H26ClN3O4. The molecule has 0 saturated heterocycles. The molecule has 1 N–H and O–H groups in total. The van der Waals surface area contributed by atoms with Crippen molar-refractivity contribution in [3.63, 3.8) is 0 Å². The van der Waals surface area contributed by atoms with E-state index in [9.17, 15) is 4.79 Å². The molecule has 0 aliphatic heterocycles. The molecule has 1 heterocycles. The van der Waals surface area contributed by atoms with Gasteiger partial charge in [-0.2, -0.15) is 4.98 Å². The molecule has 0 bridgehead atoms. The fourth-order valence-corrected chi connectivity index (χ4v) is 4.16. The van der Waals surface area contributed by atoms with Crippen molar-refractivity contribution in [2.75, 3.05) is 12.4 Å². The number of nitrogens with one attached hydrogen (secondary N) is 1. The molecule has 3 aromatic rings. The maximum Gasteiger partial charge on any atom is 0.310 e. The molecule has 0 spiro atoms. The first-order valence-electron chi connectivity index (χ1n) is 10.7. The van der Waals surface area contributed by atoms with E-state index in [0.29, 0.717) is 22.5 Å². The maximum absolute atomic E-state index is 12.0. The lowest BCUT2D eigenvalue weighted by Gasteiger charge is -2.20. The number of anilines is 1. The van der Waals surface area contributed by atoms with Gasteiger partial charge in [0, 0.05) is 22.9 Å². The summed E-state index contributed by atoms with van der Waals surface area (Å²) in [5.41, 5.74) is 2.48. The van der Waals surface area contributed by atoms with Gasteiger partial charge in [0.1, 0.15) is 5.75 Å². The van der Waals surface area contributed by atoms with Crippen molar-refractivity contribution >= 4 is 23.3 Å². The number of hydrogen-bond donors (Lipinski definition) is 1. The first-order chi connectivity index (χ1) is 15.4. The molecule has 1 aliphatic rings. The van der Waals surface area contributed by atoms with Crippen LogP contribution in [0.15, 0.2) is 47.0 Å². The van der Waals surface area contributed by atoms with Crippen LogP contribution in [0.2, 0.25) is 5.02 Å². The smallest absolute Gasteiger partial charge is 0.310 e. The van der Waals surface area contributed by atoms with E-state index in [0.717, 1.165) is 36.1 Å². The maximum atomic E-state index is 12.0. The molecule has 2 aromatic carbocycles. The summed E-state index contributed by atoms with van der Waals surface area (Å²) in [4.78, 5) is 16.5. The van der Waals surface area contributed by atoms with Gasteiger partial charge in [0.15, 0.2) is 0 Å². The third-order valence-electron chi connectivity index (χ3n) is 5.48. The number of benzene rings is 2. The van der Waals surface area contributed by atoms with Crippen molar-refractivity contribution in [1.29, 1.82) is 0 Å². The number of esters is 1. The zero-order valence-electron chi connectivity index (χ0n) is 18.3. The fraction of sp³-hybridized carbons (Fsp3) is 0.375. The molecule has 32 heavy (non-hydrogen) atoms. The summed E-state index contributed by atoms with van der Waals surface area (Å²) in [6, 6.07) is 13.2. The van der Waals surface area contributed by atoms with E-state index in [-0.39, 0.29) is 24.0 Å². The van der Waals surface area contributed by atoms with Gasteiger partial charge in [0.05, 0.1) is 24.2 Å². The monoisotopic (exact) mass is 455 g/mol. The van der Waals surface area contributed by atoms with Crippen LogP contribution in [0.5, 0.6) is 5.75 Å². The number of hydrogen-bond acceptors (Lipinski definition) is 7. The van der Waals surface area contributed by atoms with Crippen molar-refractivity contribution in [2.45, 2.75) is 45.3 Å². The molecule has 7 nitrogen and oxygen atoms in total. The van der Waals surface area contributed by atoms with Crippen molar-refractivity contribution in [2.24, 2.45) is 5.92 Å². The zero-order valence-corrected chi connectivity index (χ0v) is 19.1. The number of aromatic nitrogens is 2. The van der Waals surface area contributed by atoms with E-state index in [4.69, 9.17) is 25.6 Å². The number of carbonyl (C=O) groups excluding carboxylic acids is 1. The minimum Gasteiger partial charge on any atom is -0.489 e. The summed E-state index contributed by atoms with van der Waals surface area (Å²) in [7, 11) is 1.44. The second kappa shape index (κ2) is 9.61. The number of halogens is 1. The predicted molar refractivity (Wildman–Crippen MR) is 123 cm³/mol. The predicted octanol–water partition coefficient (Wildman–Crippen LogP) is 5.60. The van der Waals surface area contributed by atoms with Gasteiger partial charge in [-0.25, -0.2) is 0 Å². The van der Waals surface area contributed by atoms with Crippen molar-refractivity contribution < 1.29 is 18.8 Å². The Bertz CT molecular complexity index is 1080. The van der Waals surface area contributed by atoms with Gasteiger partial charge >= 0.3 is 5.97 Å². The van der Waals surface area contributed by atoms with Crippen LogP contribution in [-0.2, 0) is 9.53 Å². The Morgan fingerprint density at radius 1 is 1.16 bits per heavy atom. The lowest BCUT2D eigenvalue weighted by atomic mass is 10.0. The highest BCUT2D eigenvalue weighted by atomic mass is 35.5. The highest BCUT2D eigenvalue weighted by Crippen LogP contribution is 2.32. The molecule has 1 saturated carbocycles. The largest absolute Gasteiger partial charge is 0.489 e. The summed E-state index contributed by atoms with van der Waals surface area (Å²) >= 11 is 6.33. The molecule has 1 aliphatic carbocycles. The summed E-state index contributed by atoms with van der Waals surface area (Å²) in [5, 5.41) is 8.03. The standard InChI is InChI=1S/C24H26ClN3O4/c1-14(2)31-21-12-9-16(13-19(21)25)22-27-23(32-28-22)15-7-10-17(11-8-15)26-20-6-4-5-18(20)24(29)30-3/h7-14,18,20,26H,4-6H2,1-3H3/t18-,20+/m0/s1. The Morgan fingerprint density at radius 2 is 1.91 bits per heavy atom. The Labute approximate surface area is 192 Å². The highest BCUT2D eigenvalue weighted by Gasteiger charge is 2.33. The van der Waals surface area contributed by atoms with Gasteiger partial charge in [-0.3, -0.25) is 4.79 Å². The minimum atomic E-state index is -0.154. The number of carbonyl (C=O) groups is 1. The molecule has 0 unspecified atom stereocenters. The number of nitrogens with zero attached hydrogens (tertiary/aromatic N) is 2. The number of rotatable bonds is 7. The molecule has 1 aromatic heterocycles. The molecule has 4 rings (SSSR count). The molecule has 0 radical (unpaired) electrons. The first kappa shape index (κ1) is 22.1. The number of ether oxygens (including phenoxy) is 2. The van der Waals surface area contributed by atoms with Crippen LogP contribution in [0, 0.1) is 5.92 Å². The van der Waals surface area contributed by atoms with Crippen LogP contribution in [0.1, 0.15) is 33.1 Å². The Balaban J connectivity index is 1.46. The van der Waals surface area contributed by atoms with Crippen LogP contribution in [0.25, 0.3) is 22.8 Å².